The van der Waals surface area contributed by atoms with E-state index in [9.17, 15) is 30.0 Å². The average Bonchev–Trinajstić information content (AvgIpc) is 3.54. The molecule has 0 spiro atoms. The van der Waals surface area contributed by atoms with E-state index in [-0.39, 0.29) is 75.7 Å². The van der Waals surface area contributed by atoms with E-state index in [4.69, 9.17) is 0 Å². The summed E-state index contributed by atoms with van der Waals surface area (Å²) in [4.78, 5) is 24.3. The van der Waals surface area contributed by atoms with Gasteiger partial charge in [0.1, 0.15) is 22.9 Å². The molecule has 2 unspecified atom stereocenters. The van der Waals surface area contributed by atoms with E-state index in [1.807, 2.05) is 48.6 Å². The van der Waals surface area contributed by atoms with Gasteiger partial charge >= 0.3 is 11.9 Å². The van der Waals surface area contributed by atoms with Crippen LogP contribution in [0.15, 0.2) is 72.9 Å². The molecule has 8 N–H and O–H groups in total. The number of rotatable bonds is 6. The maximum Gasteiger partial charge on any atom is 0.336 e. The zero-order valence-corrected chi connectivity index (χ0v) is 20.4. The maximum absolute atomic E-state index is 12.1. The number of fused-ring (bicyclic) bond motifs is 2. The van der Waals surface area contributed by atoms with Crippen molar-refractivity contribution in [3.05, 3.63) is 95.1 Å². The molecule has 39 heavy (non-hydrogen) atoms. The molecule has 6 rings (SSSR count). The van der Waals surface area contributed by atoms with Gasteiger partial charge in [0.2, 0.25) is 0 Å². The smallest absolute Gasteiger partial charge is 0.336 e. The van der Waals surface area contributed by atoms with Crippen molar-refractivity contribution in [3.63, 3.8) is 0 Å². The van der Waals surface area contributed by atoms with Gasteiger partial charge in [0.25, 0.3) is 0 Å². The van der Waals surface area contributed by atoms with Crippen LogP contribution in [0.3, 0.4) is 0 Å². The van der Waals surface area contributed by atoms with Gasteiger partial charge in [0, 0.05) is 17.5 Å². The fourth-order valence-electron chi connectivity index (χ4n) is 5.20. The summed E-state index contributed by atoms with van der Waals surface area (Å²) in [5, 5.41) is 45.4. The number of hydrogen-bond donors (Lipinski definition) is 8. The van der Waals surface area contributed by atoms with Crippen molar-refractivity contribution in [2.75, 3.05) is 10.2 Å². The van der Waals surface area contributed by atoms with E-state index in [0.717, 1.165) is 0 Å². The predicted octanol–water partition coefficient (Wildman–Crippen LogP) is 1.47. The topological polar surface area (TPSA) is 170 Å². The number of carbonyl (C=O) groups is 2. The lowest BCUT2D eigenvalue weighted by atomic mass is 9.93. The van der Waals surface area contributed by atoms with E-state index in [0.29, 0.717) is 0 Å². The number of benzene rings is 2. The van der Waals surface area contributed by atoms with Crippen molar-refractivity contribution in [1.29, 1.82) is 0 Å². The largest absolute Gasteiger partial charge is 0.505 e. The van der Waals surface area contributed by atoms with Crippen LogP contribution in [-0.4, -0.2) is 56.5 Å². The van der Waals surface area contributed by atoms with E-state index < -0.39 is 11.9 Å². The number of hydrazine groups is 4. The third-order valence-electron chi connectivity index (χ3n) is 7.20. The fourth-order valence-corrected chi connectivity index (χ4v) is 5.20. The minimum Gasteiger partial charge on any atom is -0.505 e. The van der Waals surface area contributed by atoms with Crippen molar-refractivity contribution < 1.29 is 30.0 Å². The second-order valence-corrected chi connectivity index (χ2v) is 9.54. The Morgan fingerprint density at radius 2 is 0.949 bits per heavy atom. The fraction of sp³-hybridized carbons (Fsp3) is 0.185. The van der Waals surface area contributed by atoms with Crippen LogP contribution in [0.25, 0.3) is 0 Å². The van der Waals surface area contributed by atoms with Crippen molar-refractivity contribution in [2.45, 2.75) is 30.6 Å². The van der Waals surface area contributed by atoms with Crippen molar-refractivity contribution in [1.82, 2.24) is 21.7 Å². The Balaban J connectivity index is 1.39. The number of carboxylic acids is 2. The summed E-state index contributed by atoms with van der Waals surface area (Å²) in [5.41, 5.74) is 12.8. The molecule has 0 radical (unpaired) electrons. The Bertz CT molecular complexity index is 1330. The molecule has 4 aliphatic rings. The lowest BCUT2D eigenvalue weighted by Crippen LogP contribution is -2.40. The van der Waals surface area contributed by atoms with E-state index >= 15 is 0 Å². The summed E-state index contributed by atoms with van der Waals surface area (Å²) in [5.74, 6) is -3.32. The minimum absolute atomic E-state index is 0.0404. The number of hydrogen-bond acceptors (Lipinski definition) is 10. The van der Waals surface area contributed by atoms with Gasteiger partial charge in [0.05, 0.1) is 35.3 Å². The second-order valence-electron chi connectivity index (χ2n) is 9.54. The Morgan fingerprint density at radius 3 is 1.26 bits per heavy atom. The predicted molar refractivity (Wildman–Crippen MR) is 142 cm³/mol. The van der Waals surface area contributed by atoms with Gasteiger partial charge in [-0.1, -0.05) is 48.6 Å². The molecule has 12 nitrogen and oxygen atoms in total. The second kappa shape index (κ2) is 9.60. The van der Waals surface area contributed by atoms with Crippen LogP contribution in [0.4, 0.5) is 11.4 Å². The Hall–Kier alpha value is -4.62. The highest BCUT2D eigenvalue weighted by molar-refractivity contribution is 5.94. The first-order valence-electron chi connectivity index (χ1n) is 12.3. The summed E-state index contributed by atoms with van der Waals surface area (Å²) < 4.78 is 0. The standard InChI is InChI=1S/C27H26N6O6/c34-24-16(14(26(36)37)9-11-22(24)32-28-18-5-1-2-6-19(18)29-32)13-17-15(27(38)39)10-12-23(25(17)35)33-30-20-7-3-4-8-21(20)31-33/h1-12,18-21,28-31,34-35H,13H2,(H,36,37)(H,38,39)/t18-,19?,20-,21?/m0/s1. The zero-order valence-electron chi connectivity index (χ0n) is 20.4. The number of anilines is 2. The van der Waals surface area contributed by atoms with Crippen LogP contribution >= 0.6 is 0 Å². The summed E-state index contributed by atoms with van der Waals surface area (Å²) in [7, 11) is 0. The molecule has 2 aliphatic carbocycles. The first-order valence-corrected chi connectivity index (χ1v) is 12.3. The van der Waals surface area contributed by atoms with Crippen molar-refractivity contribution in [3.8, 4) is 11.5 Å². The Labute approximate surface area is 222 Å². The highest BCUT2D eigenvalue weighted by Gasteiger charge is 2.34. The number of carboxylic acid groups (broad SMARTS) is 2. The molecule has 2 aromatic carbocycles. The maximum atomic E-state index is 12.1. The first kappa shape index (κ1) is 24.7. The summed E-state index contributed by atoms with van der Waals surface area (Å²) in [6.07, 6.45) is 15.0. The Morgan fingerprint density at radius 1 is 0.615 bits per heavy atom. The number of phenolic OH excluding ortho intramolecular Hbond substituents is 2. The number of aromatic hydroxyl groups is 2. The number of nitrogens with one attached hydrogen (secondary N) is 4. The van der Waals surface area contributed by atoms with Crippen LogP contribution in [-0.2, 0) is 6.42 Å². The number of phenols is 2. The molecule has 0 aromatic heterocycles. The van der Waals surface area contributed by atoms with Crippen LogP contribution in [0.2, 0.25) is 0 Å². The normalized spacial score (nSPS) is 24.7. The van der Waals surface area contributed by atoms with Gasteiger partial charge in [-0.05, 0) is 24.3 Å². The molecule has 0 saturated carbocycles. The minimum atomic E-state index is -1.30. The highest BCUT2D eigenvalue weighted by atomic mass is 16.4. The SMILES string of the molecule is O=C(O)c1ccc(N2NC3C=CC=C[C@@H]3N2)c(O)c1Cc1c(C(=O)O)ccc(N2NC3C=CC=C[C@@H]3N2)c1O. The molecule has 12 heteroatoms. The van der Waals surface area contributed by atoms with Crippen molar-refractivity contribution in [2.24, 2.45) is 0 Å². The van der Waals surface area contributed by atoms with E-state index in [2.05, 4.69) is 21.7 Å². The molecule has 200 valence electrons. The third kappa shape index (κ3) is 4.30. The van der Waals surface area contributed by atoms with E-state index in [1.165, 1.54) is 34.5 Å². The number of nitrogens with zero attached hydrogens (tertiary/aromatic N) is 2. The van der Waals surface area contributed by atoms with Crippen LogP contribution < -0.4 is 31.9 Å². The zero-order chi connectivity index (χ0) is 27.3. The molecule has 4 atom stereocenters. The molecule has 0 amide bonds. The average molecular weight is 531 g/mol. The molecule has 2 heterocycles. The van der Waals surface area contributed by atoms with Crippen LogP contribution in [0, 0.1) is 0 Å². The Kier molecular flexibility index (Phi) is 6.08. The molecular formula is C27H26N6O6. The molecule has 2 fully saturated rings. The molecule has 0 bridgehead atoms. The number of allylic oxidation sites excluding steroid dienone is 4. The first-order chi connectivity index (χ1) is 18.8. The summed E-state index contributed by atoms with van der Waals surface area (Å²) in [6, 6.07) is 5.30. The summed E-state index contributed by atoms with van der Waals surface area (Å²) >= 11 is 0. The van der Waals surface area contributed by atoms with Gasteiger partial charge in [-0.15, -0.1) is 0 Å². The molecule has 2 aromatic rings. The molecule has 2 saturated heterocycles. The lowest BCUT2D eigenvalue weighted by Gasteiger charge is -2.24. The van der Waals surface area contributed by atoms with E-state index in [1.54, 1.807) is 0 Å². The number of aromatic carboxylic acids is 2. The monoisotopic (exact) mass is 530 g/mol. The molecule has 2 aliphatic heterocycles. The molecular weight excluding hydrogens is 504 g/mol. The van der Waals surface area contributed by atoms with Crippen molar-refractivity contribution >= 4 is 23.3 Å². The summed E-state index contributed by atoms with van der Waals surface area (Å²) in [6.45, 7) is 0. The van der Waals surface area contributed by atoms with Gasteiger partial charge in [-0.2, -0.15) is 0 Å². The van der Waals surface area contributed by atoms with Gasteiger partial charge in [0.15, 0.2) is 0 Å². The quantitative estimate of drug-likeness (QED) is 0.271. The third-order valence-corrected chi connectivity index (χ3v) is 7.20. The lowest BCUT2D eigenvalue weighted by molar-refractivity contribution is 0.0686. The van der Waals surface area contributed by atoms with Crippen LogP contribution in [0.5, 0.6) is 11.5 Å². The highest BCUT2D eigenvalue weighted by Crippen LogP contribution is 2.40. The van der Waals surface area contributed by atoms with Gasteiger partial charge < -0.3 is 20.4 Å². The van der Waals surface area contributed by atoms with Gasteiger partial charge in [-0.25, -0.2) is 41.5 Å². The van der Waals surface area contributed by atoms with Gasteiger partial charge in [-0.3, -0.25) is 0 Å². The van der Waals surface area contributed by atoms with Crippen LogP contribution in [0.1, 0.15) is 31.8 Å².